The molecule has 0 bridgehead atoms. The molecule has 0 aliphatic carbocycles. The standard InChI is InChI=1S/C24H35N5O6S/c1-5-8-19-21-22(28(3)27-19)24(31)26-23(25-21)18-16-17(9-10-20(18)35-14-6-2)36(32,33)29(12-13-30)11-7-15-34-4/h9-10,16,30H,5-8,11-15H2,1-4H3,(H,25,26,31). The molecule has 0 unspecified atom stereocenters. The third-order valence-electron chi connectivity index (χ3n) is 5.66. The van der Waals surface area contributed by atoms with E-state index in [4.69, 9.17) is 14.5 Å². The lowest BCUT2D eigenvalue weighted by Gasteiger charge is -2.22. The fourth-order valence-corrected chi connectivity index (χ4v) is 5.47. The molecule has 2 N–H and O–H groups in total. The fraction of sp³-hybridized carbons (Fsp3) is 0.542. The summed E-state index contributed by atoms with van der Waals surface area (Å²) in [7, 11) is -0.709. The van der Waals surface area contributed by atoms with Gasteiger partial charge in [-0.15, -0.1) is 0 Å². The Morgan fingerprint density at radius 2 is 1.94 bits per heavy atom. The number of aromatic amines is 1. The van der Waals surface area contributed by atoms with E-state index in [1.165, 1.54) is 21.1 Å². The summed E-state index contributed by atoms with van der Waals surface area (Å²) in [4.78, 5) is 20.5. The lowest BCUT2D eigenvalue weighted by molar-refractivity contribution is 0.182. The van der Waals surface area contributed by atoms with Gasteiger partial charge in [0.05, 0.1) is 29.4 Å². The maximum absolute atomic E-state index is 13.5. The Morgan fingerprint density at radius 3 is 2.61 bits per heavy atom. The molecule has 0 spiro atoms. The molecule has 3 aromatic rings. The van der Waals surface area contributed by atoms with E-state index < -0.39 is 10.0 Å². The number of fused-ring (bicyclic) bond motifs is 1. The van der Waals surface area contributed by atoms with Crippen molar-refractivity contribution in [2.24, 2.45) is 7.05 Å². The zero-order valence-corrected chi connectivity index (χ0v) is 22.1. The Bertz CT molecular complexity index is 1330. The van der Waals surface area contributed by atoms with Gasteiger partial charge in [-0.25, -0.2) is 13.4 Å². The zero-order valence-electron chi connectivity index (χ0n) is 21.3. The minimum absolute atomic E-state index is 0.00919. The van der Waals surface area contributed by atoms with Gasteiger partial charge < -0.3 is 19.6 Å². The maximum Gasteiger partial charge on any atom is 0.277 e. The quantitative estimate of drug-likeness (QED) is 0.307. The molecule has 0 radical (unpaired) electrons. The van der Waals surface area contributed by atoms with Gasteiger partial charge in [0.1, 0.15) is 17.1 Å². The Balaban J connectivity index is 2.16. The number of nitrogens with one attached hydrogen (secondary N) is 1. The van der Waals surface area contributed by atoms with Crippen LogP contribution in [0.25, 0.3) is 22.4 Å². The predicted molar refractivity (Wildman–Crippen MR) is 137 cm³/mol. The number of benzene rings is 1. The second kappa shape index (κ2) is 12.4. The molecule has 3 rings (SSSR count). The molecule has 0 saturated carbocycles. The summed E-state index contributed by atoms with van der Waals surface area (Å²) in [5, 5.41) is 13.9. The number of hydrogen-bond acceptors (Lipinski definition) is 8. The van der Waals surface area contributed by atoms with Crippen molar-refractivity contribution in [2.45, 2.75) is 44.4 Å². The van der Waals surface area contributed by atoms with Crippen molar-refractivity contribution in [1.82, 2.24) is 24.1 Å². The molecular formula is C24H35N5O6S. The van der Waals surface area contributed by atoms with E-state index in [-0.39, 0.29) is 36.0 Å². The summed E-state index contributed by atoms with van der Waals surface area (Å²) in [5.41, 5.74) is 1.53. The number of aryl methyl sites for hydroxylation is 2. The van der Waals surface area contributed by atoms with E-state index in [0.717, 1.165) is 12.8 Å². The summed E-state index contributed by atoms with van der Waals surface area (Å²) in [6.07, 6.45) is 2.71. The van der Waals surface area contributed by atoms with Crippen molar-refractivity contribution in [2.75, 3.05) is 40.0 Å². The van der Waals surface area contributed by atoms with Crippen molar-refractivity contribution < 1.29 is 23.0 Å². The highest BCUT2D eigenvalue weighted by atomic mass is 32.2. The summed E-state index contributed by atoms with van der Waals surface area (Å²) in [6.45, 7) is 4.61. The molecule has 0 aliphatic heterocycles. The zero-order chi connectivity index (χ0) is 26.3. The van der Waals surface area contributed by atoms with E-state index in [2.05, 4.69) is 10.1 Å². The van der Waals surface area contributed by atoms with Gasteiger partial charge in [-0.1, -0.05) is 20.3 Å². The van der Waals surface area contributed by atoms with Gasteiger partial charge in [0.25, 0.3) is 5.56 Å². The second-order valence-electron chi connectivity index (χ2n) is 8.41. The number of sulfonamides is 1. The van der Waals surface area contributed by atoms with Crippen LogP contribution in [0, 0.1) is 0 Å². The van der Waals surface area contributed by atoms with Crippen molar-refractivity contribution >= 4 is 21.1 Å². The first kappa shape index (κ1) is 27.8. The number of ether oxygens (including phenoxy) is 2. The number of rotatable bonds is 14. The molecule has 12 heteroatoms. The Morgan fingerprint density at radius 1 is 1.17 bits per heavy atom. The van der Waals surface area contributed by atoms with Crippen LogP contribution < -0.4 is 10.3 Å². The second-order valence-corrected chi connectivity index (χ2v) is 10.4. The van der Waals surface area contributed by atoms with Gasteiger partial charge in [-0.3, -0.25) is 9.48 Å². The highest BCUT2D eigenvalue weighted by Gasteiger charge is 2.26. The topological polar surface area (TPSA) is 140 Å². The first-order valence-corrected chi connectivity index (χ1v) is 13.6. The van der Waals surface area contributed by atoms with Crippen LogP contribution in [0.3, 0.4) is 0 Å². The van der Waals surface area contributed by atoms with Gasteiger partial charge in [0.2, 0.25) is 10.0 Å². The fourth-order valence-electron chi connectivity index (χ4n) is 3.97. The van der Waals surface area contributed by atoms with Crippen molar-refractivity contribution in [3.05, 3.63) is 34.2 Å². The highest BCUT2D eigenvalue weighted by Crippen LogP contribution is 2.32. The van der Waals surface area contributed by atoms with Crippen molar-refractivity contribution in [3.63, 3.8) is 0 Å². The van der Waals surface area contributed by atoms with Gasteiger partial charge in [0.15, 0.2) is 5.52 Å². The number of aromatic nitrogens is 4. The Kier molecular flexibility index (Phi) is 9.60. The number of nitrogens with zero attached hydrogens (tertiary/aromatic N) is 4. The molecule has 0 aliphatic rings. The van der Waals surface area contributed by atoms with Crippen LogP contribution >= 0.6 is 0 Å². The minimum atomic E-state index is -3.95. The smallest absolute Gasteiger partial charge is 0.277 e. The molecule has 0 fully saturated rings. The van der Waals surface area contributed by atoms with E-state index in [0.29, 0.717) is 54.1 Å². The van der Waals surface area contributed by atoms with E-state index in [1.807, 2.05) is 13.8 Å². The summed E-state index contributed by atoms with van der Waals surface area (Å²) in [6, 6.07) is 4.50. The molecule has 2 heterocycles. The third kappa shape index (κ3) is 5.94. The molecule has 198 valence electrons. The molecule has 0 atom stereocenters. The summed E-state index contributed by atoms with van der Waals surface area (Å²) in [5.74, 6) is 0.612. The first-order valence-electron chi connectivity index (χ1n) is 12.1. The van der Waals surface area contributed by atoms with Crippen LogP contribution in [0.4, 0.5) is 0 Å². The molecule has 0 amide bonds. The molecule has 1 aromatic carbocycles. The van der Waals surface area contributed by atoms with Crippen LogP contribution in [0.15, 0.2) is 27.9 Å². The van der Waals surface area contributed by atoms with Gasteiger partial charge in [-0.05, 0) is 37.5 Å². The van der Waals surface area contributed by atoms with Crippen LogP contribution in [-0.4, -0.2) is 77.6 Å². The van der Waals surface area contributed by atoms with Gasteiger partial charge in [0, 0.05) is 33.9 Å². The van der Waals surface area contributed by atoms with Crippen LogP contribution in [0.1, 0.15) is 38.8 Å². The number of hydrogen-bond donors (Lipinski definition) is 2. The molecule has 36 heavy (non-hydrogen) atoms. The molecule has 2 aromatic heterocycles. The molecule has 0 saturated heterocycles. The number of H-pyrrole nitrogens is 1. The van der Waals surface area contributed by atoms with E-state index >= 15 is 0 Å². The maximum atomic E-state index is 13.5. The average Bonchev–Trinajstić information content (AvgIpc) is 3.17. The Hall–Kier alpha value is -2.80. The average molecular weight is 522 g/mol. The lowest BCUT2D eigenvalue weighted by Crippen LogP contribution is -2.35. The first-order chi connectivity index (χ1) is 17.3. The van der Waals surface area contributed by atoms with E-state index in [1.54, 1.807) is 20.2 Å². The number of methoxy groups -OCH3 is 1. The van der Waals surface area contributed by atoms with Crippen molar-refractivity contribution in [3.8, 4) is 17.1 Å². The third-order valence-corrected chi connectivity index (χ3v) is 7.56. The summed E-state index contributed by atoms with van der Waals surface area (Å²) >= 11 is 0. The lowest BCUT2D eigenvalue weighted by atomic mass is 10.1. The van der Waals surface area contributed by atoms with Crippen LogP contribution in [-0.2, 0) is 28.2 Å². The van der Waals surface area contributed by atoms with Gasteiger partial charge in [-0.2, -0.15) is 9.40 Å². The minimum Gasteiger partial charge on any atom is -0.493 e. The van der Waals surface area contributed by atoms with Crippen LogP contribution in [0.5, 0.6) is 5.75 Å². The van der Waals surface area contributed by atoms with Crippen LogP contribution in [0.2, 0.25) is 0 Å². The molecule has 11 nitrogen and oxygen atoms in total. The number of aliphatic hydroxyl groups is 1. The Labute approximate surface area is 211 Å². The number of aliphatic hydroxyl groups excluding tert-OH is 1. The summed E-state index contributed by atoms with van der Waals surface area (Å²) < 4.78 is 40.6. The van der Waals surface area contributed by atoms with Crippen molar-refractivity contribution in [1.29, 1.82) is 0 Å². The largest absolute Gasteiger partial charge is 0.493 e. The molecular weight excluding hydrogens is 486 g/mol. The normalized spacial score (nSPS) is 12.1. The SMILES string of the molecule is CCCOc1ccc(S(=O)(=O)N(CCO)CCCOC)cc1-c1nc2c(CCC)nn(C)c2c(=O)[nH]1. The highest BCUT2D eigenvalue weighted by molar-refractivity contribution is 7.89. The predicted octanol–water partition coefficient (Wildman–Crippen LogP) is 2.08. The van der Waals surface area contributed by atoms with E-state index in [9.17, 15) is 18.3 Å². The van der Waals surface area contributed by atoms with Gasteiger partial charge >= 0.3 is 0 Å². The monoisotopic (exact) mass is 521 g/mol.